The second kappa shape index (κ2) is 9.96. The zero-order chi connectivity index (χ0) is 22.4. The molecule has 1 aliphatic heterocycles. The lowest BCUT2D eigenvalue weighted by molar-refractivity contribution is -0.162. The molecule has 31 heavy (non-hydrogen) atoms. The molecule has 1 fully saturated rings. The Morgan fingerprint density at radius 3 is 2.03 bits per heavy atom. The minimum Gasteiger partial charge on any atom is -0.465 e. The van der Waals surface area contributed by atoms with E-state index < -0.39 is 17.4 Å². The molecule has 1 aromatic carbocycles. The summed E-state index contributed by atoms with van der Waals surface area (Å²) in [7, 11) is 0. The van der Waals surface area contributed by atoms with E-state index in [1.165, 1.54) is 0 Å². The summed E-state index contributed by atoms with van der Waals surface area (Å²) in [6.45, 7) is 8.52. The summed E-state index contributed by atoms with van der Waals surface area (Å²) in [6.07, 6.45) is 1.57. The number of benzene rings is 1. The van der Waals surface area contributed by atoms with Crippen LogP contribution in [0.5, 0.6) is 0 Å². The van der Waals surface area contributed by atoms with Crippen molar-refractivity contribution >= 4 is 24.1 Å². The van der Waals surface area contributed by atoms with Crippen LogP contribution in [0.4, 0.5) is 4.79 Å². The fourth-order valence-corrected chi connectivity index (χ4v) is 4.19. The Morgan fingerprint density at radius 1 is 0.871 bits per heavy atom. The number of nitrogens with zero attached hydrogens (tertiary/aromatic N) is 2. The molecule has 3 rings (SSSR count). The summed E-state index contributed by atoms with van der Waals surface area (Å²) >= 11 is 0. The van der Waals surface area contributed by atoms with E-state index in [-0.39, 0.29) is 19.3 Å². The third-order valence-electron chi connectivity index (χ3n) is 5.63. The predicted molar refractivity (Wildman–Crippen MR) is 114 cm³/mol. The smallest absolute Gasteiger partial charge is 0.409 e. The quantitative estimate of drug-likeness (QED) is 0.372. The van der Waals surface area contributed by atoms with E-state index >= 15 is 0 Å². The van der Waals surface area contributed by atoms with Crippen LogP contribution in [0.2, 0.25) is 0 Å². The average Bonchev–Trinajstić information content (AvgIpc) is 3.09. The second-order valence-electron chi connectivity index (χ2n) is 7.41. The molecule has 0 bridgehead atoms. The Morgan fingerprint density at radius 2 is 1.45 bits per heavy atom. The third kappa shape index (κ3) is 4.30. The first-order valence-corrected chi connectivity index (χ1v) is 10.8. The summed E-state index contributed by atoms with van der Waals surface area (Å²) in [5, 5.41) is 0. The van der Waals surface area contributed by atoms with Crippen LogP contribution in [-0.4, -0.2) is 80.4 Å². The maximum Gasteiger partial charge on any atom is 0.409 e. The molecule has 1 saturated heterocycles. The molecule has 8 nitrogen and oxygen atoms in total. The number of hydrogen-bond donors (Lipinski definition) is 0. The van der Waals surface area contributed by atoms with Crippen LogP contribution in [0, 0.1) is 0 Å². The largest absolute Gasteiger partial charge is 0.465 e. The zero-order valence-electron chi connectivity index (χ0n) is 18.4. The molecule has 1 aliphatic carbocycles. The van der Waals surface area contributed by atoms with Gasteiger partial charge < -0.3 is 19.1 Å². The van der Waals surface area contributed by atoms with Gasteiger partial charge in [-0.3, -0.25) is 14.5 Å². The molecular weight excluding hydrogens is 400 g/mol. The van der Waals surface area contributed by atoms with Crippen molar-refractivity contribution in [2.75, 3.05) is 52.5 Å². The first kappa shape index (κ1) is 22.8. The average molecular weight is 431 g/mol. The molecule has 0 N–H and O–H groups in total. The van der Waals surface area contributed by atoms with Crippen molar-refractivity contribution in [3.63, 3.8) is 0 Å². The van der Waals surface area contributed by atoms with Crippen LogP contribution in [0.25, 0.3) is 6.08 Å². The molecule has 1 amide bonds. The minimum atomic E-state index is -1.61. The van der Waals surface area contributed by atoms with Gasteiger partial charge in [0.05, 0.1) is 19.8 Å². The van der Waals surface area contributed by atoms with Crippen LogP contribution < -0.4 is 0 Å². The molecule has 0 atom stereocenters. The normalized spacial score (nSPS) is 17.5. The number of amides is 1. The van der Waals surface area contributed by atoms with Crippen LogP contribution in [-0.2, 0) is 29.2 Å². The SMILES string of the molecule is CCOC(=O)N1CCN(CC2=Cc3ccccc3C2(C(=O)OCC)C(=O)OCC)CC1. The molecule has 0 aromatic heterocycles. The van der Waals surface area contributed by atoms with E-state index in [2.05, 4.69) is 4.90 Å². The summed E-state index contributed by atoms with van der Waals surface area (Å²) in [5.74, 6) is -1.23. The summed E-state index contributed by atoms with van der Waals surface area (Å²) in [6, 6.07) is 7.35. The number of carbonyl (C=O) groups is 3. The number of piperazine rings is 1. The molecule has 2 aliphatic rings. The van der Waals surface area contributed by atoms with E-state index in [0.717, 1.165) is 5.56 Å². The van der Waals surface area contributed by atoms with Gasteiger partial charge in [0.25, 0.3) is 0 Å². The Kier molecular flexibility index (Phi) is 7.33. The zero-order valence-corrected chi connectivity index (χ0v) is 18.4. The lowest BCUT2D eigenvalue weighted by Crippen LogP contribution is -2.52. The first-order chi connectivity index (χ1) is 15.0. The highest BCUT2D eigenvalue weighted by Crippen LogP contribution is 2.44. The van der Waals surface area contributed by atoms with E-state index in [9.17, 15) is 14.4 Å². The summed E-state index contributed by atoms with van der Waals surface area (Å²) < 4.78 is 15.8. The number of fused-ring (bicyclic) bond motifs is 1. The van der Waals surface area contributed by atoms with E-state index in [1.807, 2.05) is 18.2 Å². The highest BCUT2D eigenvalue weighted by atomic mass is 16.6. The fraction of sp³-hybridized carbons (Fsp3) is 0.522. The highest BCUT2D eigenvalue weighted by Gasteiger charge is 2.57. The Hall–Kier alpha value is -2.87. The lowest BCUT2D eigenvalue weighted by atomic mass is 9.76. The van der Waals surface area contributed by atoms with Gasteiger partial charge >= 0.3 is 18.0 Å². The molecule has 168 valence electrons. The molecule has 0 spiro atoms. The van der Waals surface area contributed by atoms with Crippen molar-refractivity contribution in [2.45, 2.75) is 26.2 Å². The fourth-order valence-electron chi connectivity index (χ4n) is 4.19. The van der Waals surface area contributed by atoms with Crippen molar-refractivity contribution in [3.05, 3.63) is 41.0 Å². The van der Waals surface area contributed by atoms with Crippen molar-refractivity contribution in [3.8, 4) is 0 Å². The van der Waals surface area contributed by atoms with E-state index in [4.69, 9.17) is 14.2 Å². The Labute approximate surface area is 182 Å². The number of hydrogen-bond acceptors (Lipinski definition) is 7. The van der Waals surface area contributed by atoms with Crippen molar-refractivity contribution < 1.29 is 28.6 Å². The standard InChI is InChI=1S/C23H30N2O6/c1-4-29-20(26)23(21(27)30-5-2)18(15-17-9-7-8-10-19(17)23)16-24-11-13-25(14-12-24)22(28)31-6-3/h7-10,15H,4-6,11-14,16H2,1-3H3. The Bertz CT molecular complexity index is 839. The number of carbonyl (C=O) groups excluding carboxylic acids is 3. The van der Waals surface area contributed by atoms with E-state index in [1.54, 1.807) is 37.8 Å². The van der Waals surface area contributed by atoms with Crippen molar-refractivity contribution in [1.82, 2.24) is 9.80 Å². The lowest BCUT2D eigenvalue weighted by Gasteiger charge is -2.36. The van der Waals surface area contributed by atoms with Crippen LogP contribution in [0.1, 0.15) is 31.9 Å². The van der Waals surface area contributed by atoms with Crippen LogP contribution in [0.15, 0.2) is 29.8 Å². The van der Waals surface area contributed by atoms with Gasteiger partial charge in [0.15, 0.2) is 0 Å². The van der Waals surface area contributed by atoms with Crippen molar-refractivity contribution in [2.24, 2.45) is 0 Å². The molecular formula is C23H30N2O6. The molecule has 0 unspecified atom stereocenters. The molecule has 0 radical (unpaired) electrons. The third-order valence-corrected chi connectivity index (χ3v) is 5.63. The van der Waals surface area contributed by atoms with Gasteiger partial charge in [-0.25, -0.2) is 4.79 Å². The monoisotopic (exact) mass is 430 g/mol. The predicted octanol–water partition coefficient (Wildman–Crippen LogP) is 2.22. The van der Waals surface area contributed by atoms with Crippen LogP contribution >= 0.6 is 0 Å². The van der Waals surface area contributed by atoms with Gasteiger partial charge in [0, 0.05) is 32.7 Å². The molecule has 1 aromatic rings. The highest BCUT2D eigenvalue weighted by molar-refractivity contribution is 6.13. The number of ether oxygens (including phenoxy) is 3. The van der Waals surface area contributed by atoms with E-state index in [0.29, 0.717) is 50.5 Å². The topological polar surface area (TPSA) is 85.4 Å². The number of rotatable bonds is 7. The summed E-state index contributed by atoms with van der Waals surface area (Å²) in [4.78, 5) is 42.3. The number of esters is 2. The van der Waals surface area contributed by atoms with Gasteiger partial charge in [-0.1, -0.05) is 30.3 Å². The first-order valence-electron chi connectivity index (χ1n) is 10.8. The van der Waals surface area contributed by atoms with Crippen LogP contribution in [0.3, 0.4) is 0 Å². The summed E-state index contributed by atoms with van der Waals surface area (Å²) in [5.41, 5.74) is 0.423. The second-order valence-corrected chi connectivity index (χ2v) is 7.41. The maximum atomic E-state index is 13.3. The van der Waals surface area contributed by atoms with Crippen molar-refractivity contribution in [1.29, 1.82) is 0 Å². The molecule has 8 heteroatoms. The molecule has 1 heterocycles. The maximum absolute atomic E-state index is 13.3. The Balaban J connectivity index is 1.88. The van der Waals surface area contributed by atoms with Gasteiger partial charge in [-0.05, 0) is 37.5 Å². The minimum absolute atomic E-state index is 0.160. The molecule has 0 saturated carbocycles. The van der Waals surface area contributed by atoms with Gasteiger partial charge in [0.2, 0.25) is 5.41 Å². The van der Waals surface area contributed by atoms with Gasteiger partial charge in [-0.15, -0.1) is 0 Å². The van der Waals surface area contributed by atoms with Gasteiger partial charge in [0.1, 0.15) is 0 Å². The van der Waals surface area contributed by atoms with Gasteiger partial charge in [-0.2, -0.15) is 0 Å².